The Hall–Kier alpha value is -2.49. The minimum absolute atomic E-state index is 0.0431. The summed E-state index contributed by atoms with van der Waals surface area (Å²) in [6.45, 7) is 0. The Morgan fingerprint density at radius 2 is 1.60 bits per heavy atom. The van der Waals surface area contributed by atoms with Crippen LogP contribution in [0.3, 0.4) is 0 Å². The van der Waals surface area contributed by atoms with Gasteiger partial charge in [0.15, 0.2) is 0 Å². The second-order valence-electron chi connectivity index (χ2n) is 4.90. The molecule has 0 bridgehead atoms. The van der Waals surface area contributed by atoms with Crippen molar-refractivity contribution >= 4 is 23.0 Å². The Morgan fingerprint density at radius 3 is 2.20 bits per heavy atom. The molecule has 0 heterocycles. The molecule has 104 valence electrons. The lowest BCUT2D eigenvalue weighted by Gasteiger charge is -2.19. The molecule has 1 amide bonds. The number of carbonyl (C=O) groups excluding carboxylic acids is 1. The molecule has 2 aromatic carbocycles. The number of hydrogen-bond donors (Lipinski definition) is 1. The van der Waals surface area contributed by atoms with Gasteiger partial charge < -0.3 is 15.5 Å². The normalized spacial score (nSPS) is 10.2. The zero-order valence-corrected chi connectivity index (χ0v) is 12.0. The van der Waals surface area contributed by atoms with Crippen molar-refractivity contribution in [3.63, 3.8) is 0 Å². The molecule has 0 saturated carbocycles. The van der Waals surface area contributed by atoms with E-state index in [1.54, 1.807) is 24.1 Å². The van der Waals surface area contributed by atoms with Gasteiger partial charge in [0, 0.05) is 43.8 Å². The standard InChI is InChI=1S/C16H19N3O/c1-18(2)15-6-4-5-12(11-15)16(20)19(3)14-9-7-13(17)8-10-14/h4-11H,17H2,1-3H3. The molecule has 0 radical (unpaired) electrons. The molecule has 0 fully saturated rings. The molecule has 0 atom stereocenters. The van der Waals surface area contributed by atoms with Crippen LogP contribution in [-0.2, 0) is 0 Å². The SMILES string of the molecule is CN(C)c1cccc(C(=O)N(C)c2ccc(N)cc2)c1. The van der Waals surface area contributed by atoms with E-state index in [0.717, 1.165) is 11.4 Å². The average Bonchev–Trinajstić information content (AvgIpc) is 2.46. The smallest absolute Gasteiger partial charge is 0.258 e. The number of hydrogen-bond acceptors (Lipinski definition) is 3. The van der Waals surface area contributed by atoms with Crippen molar-refractivity contribution in [1.82, 2.24) is 0 Å². The van der Waals surface area contributed by atoms with E-state index in [1.165, 1.54) is 0 Å². The van der Waals surface area contributed by atoms with Gasteiger partial charge in [0.1, 0.15) is 0 Å². The second-order valence-corrected chi connectivity index (χ2v) is 4.90. The largest absolute Gasteiger partial charge is 0.399 e. The van der Waals surface area contributed by atoms with Crippen LogP contribution in [0.2, 0.25) is 0 Å². The van der Waals surface area contributed by atoms with Crippen LogP contribution in [0.25, 0.3) is 0 Å². The molecular weight excluding hydrogens is 250 g/mol. The number of rotatable bonds is 3. The van der Waals surface area contributed by atoms with Crippen molar-refractivity contribution in [1.29, 1.82) is 0 Å². The number of amides is 1. The molecule has 0 unspecified atom stereocenters. The van der Waals surface area contributed by atoms with Crippen LogP contribution in [0, 0.1) is 0 Å². The molecule has 4 nitrogen and oxygen atoms in total. The van der Waals surface area contributed by atoms with Gasteiger partial charge in [0.25, 0.3) is 5.91 Å². The molecule has 0 aromatic heterocycles. The fourth-order valence-electron chi connectivity index (χ4n) is 1.93. The Labute approximate surface area is 119 Å². The third-order valence-electron chi connectivity index (χ3n) is 3.19. The topological polar surface area (TPSA) is 49.6 Å². The lowest BCUT2D eigenvalue weighted by Crippen LogP contribution is -2.26. The predicted octanol–water partition coefficient (Wildman–Crippen LogP) is 2.61. The van der Waals surface area contributed by atoms with Gasteiger partial charge in [-0.15, -0.1) is 0 Å². The minimum Gasteiger partial charge on any atom is -0.399 e. The quantitative estimate of drug-likeness (QED) is 0.871. The lowest BCUT2D eigenvalue weighted by atomic mass is 10.1. The van der Waals surface area contributed by atoms with E-state index in [1.807, 2.05) is 55.4 Å². The molecule has 4 heteroatoms. The molecule has 0 aliphatic carbocycles. The summed E-state index contributed by atoms with van der Waals surface area (Å²) in [5.41, 5.74) is 8.83. The maximum absolute atomic E-state index is 12.5. The summed E-state index contributed by atoms with van der Waals surface area (Å²) in [6.07, 6.45) is 0. The van der Waals surface area contributed by atoms with Crippen LogP contribution in [0.4, 0.5) is 17.1 Å². The van der Waals surface area contributed by atoms with Crippen LogP contribution in [0.15, 0.2) is 48.5 Å². The molecule has 0 saturated heterocycles. The third kappa shape index (κ3) is 2.91. The highest BCUT2D eigenvalue weighted by atomic mass is 16.2. The van der Waals surface area contributed by atoms with Gasteiger partial charge in [-0.25, -0.2) is 0 Å². The monoisotopic (exact) mass is 269 g/mol. The lowest BCUT2D eigenvalue weighted by molar-refractivity contribution is 0.0993. The average molecular weight is 269 g/mol. The fourth-order valence-corrected chi connectivity index (χ4v) is 1.93. The van der Waals surface area contributed by atoms with Gasteiger partial charge in [-0.05, 0) is 42.5 Å². The molecule has 2 rings (SSSR count). The summed E-state index contributed by atoms with van der Waals surface area (Å²) in [4.78, 5) is 16.1. The van der Waals surface area contributed by atoms with Gasteiger partial charge in [-0.3, -0.25) is 4.79 Å². The highest BCUT2D eigenvalue weighted by Gasteiger charge is 2.14. The fraction of sp³-hybridized carbons (Fsp3) is 0.188. The Morgan fingerprint density at radius 1 is 0.950 bits per heavy atom. The van der Waals surface area contributed by atoms with E-state index < -0.39 is 0 Å². The summed E-state index contributed by atoms with van der Waals surface area (Å²) >= 11 is 0. The van der Waals surface area contributed by atoms with E-state index in [0.29, 0.717) is 11.3 Å². The van der Waals surface area contributed by atoms with Crippen LogP contribution in [-0.4, -0.2) is 27.1 Å². The first-order valence-electron chi connectivity index (χ1n) is 6.40. The number of nitrogens with two attached hydrogens (primary N) is 1. The second kappa shape index (κ2) is 5.65. The number of nitrogen functional groups attached to an aromatic ring is 1. The van der Waals surface area contributed by atoms with Crippen molar-refractivity contribution in [2.45, 2.75) is 0 Å². The highest BCUT2D eigenvalue weighted by molar-refractivity contribution is 6.06. The van der Waals surface area contributed by atoms with Crippen LogP contribution in [0.5, 0.6) is 0 Å². The highest BCUT2D eigenvalue weighted by Crippen LogP contribution is 2.19. The maximum atomic E-state index is 12.5. The van der Waals surface area contributed by atoms with Crippen molar-refractivity contribution in [2.24, 2.45) is 0 Å². The van der Waals surface area contributed by atoms with E-state index in [-0.39, 0.29) is 5.91 Å². The zero-order chi connectivity index (χ0) is 14.7. The zero-order valence-electron chi connectivity index (χ0n) is 12.0. The van der Waals surface area contributed by atoms with Crippen molar-refractivity contribution in [3.05, 3.63) is 54.1 Å². The Bertz CT molecular complexity index is 605. The predicted molar refractivity (Wildman–Crippen MR) is 84.4 cm³/mol. The Kier molecular flexibility index (Phi) is 3.94. The van der Waals surface area contributed by atoms with Gasteiger partial charge in [0.05, 0.1) is 0 Å². The number of benzene rings is 2. The minimum atomic E-state index is -0.0431. The molecular formula is C16H19N3O. The van der Waals surface area contributed by atoms with Gasteiger partial charge in [-0.2, -0.15) is 0 Å². The van der Waals surface area contributed by atoms with Gasteiger partial charge in [-0.1, -0.05) is 6.07 Å². The maximum Gasteiger partial charge on any atom is 0.258 e. The number of anilines is 3. The first kappa shape index (κ1) is 13.9. The molecule has 0 aliphatic heterocycles. The van der Waals surface area contributed by atoms with E-state index in [4.69, 9.17) is 5.73 Å². The van der Waals surface area contributed by atoms with Crippen molar-refractivity contribution in [3.8, 4) is 0 Å². The first-order valence-corrected chi connectivity index (χ1v) is 6.40. The Balaban J connectivity index is 2.26. The summed E-state index contributed by atoms with van der Waals surface area (Å²) in [5, 5.41) is 0. The summed E-state index contributed by atoms with van der Waals surface area (Å²) in [7, 11) is 5.66. The number of carbonyl (C=O) groups is 1. The number of nitrogens with zero attached hydrogens (tertiary/aromatic N) is 2. The summed E-state index contributed by atoms with van der Waals surface area (Å²) in [5.74, 6) is -0.0431. The van der Waals surface area contributed by atoms with E-state index in [2.05, 4.69) is 0 Å². The molecule has 2 N–H and O–H groups in total. The first-order chi connectivity index (χ1) is 9.49. The van der Waals surface area contributed by atoms with Gasteiger partial charge >= 0.3 is 0 Å². The van der Waals surface area contributed by atoms with Crippen molar-refractivity contribution < 1.29 is 4.79 Å². The van der Waals surface area contributed by atoms with Crippen LogP contribution < -0.4 is 15.5 Å². The summed E-state index contributed by atoms with van der Waals surface area (Å²) < 4.78 is 0. The van der Waals surface area contributed by atoms with Crippen molar-refractivity contribution in [2.75, 3.05) is 36.7 Å². The molecule has 0 spiro atoms. The summed E-state index contributed by atoms with van der Waals surface area (Å²) in [6, 6.07) is 14.8. The molecule has 0 aliphatic rings. The van der Waals surface area contributed by atoms with E-state index in [9.17, 15) is 4.79 Å². The third-order valence-corrected chi connectivity index (χ3v) is 3.19. The van der Waals surface area contributed by atoms with Crippen LogP contribution in [0.1, 0.15) is 10.4 Å². The van der Waals surface area contributed by atoms with Crippen LogP contribution >= 0.6 is 0 Å². The molecule has 20 heavy (non-hydrogen) atoms. The van der Waals surface area contributed by atoms with E-state index >= 15 is 0 Å². The van der Waals surface area contributed by atoms with Gasteiger partial charge in [0.2, 0.25) is 0 Å². The molecule has 2 aromatic rings.